The van der Waals surface area contributed by atoms with Crippen molar-refractivity contribution in [2.75, 3.05) is 32.8 Å². The first-order valence-electron chi connectivity index (χ1n) is 13.1. The average Bonchev–Trinajstić information content (AvgIpc) is 3.11. The van der Waals surface area contributed by atoms with Crippen LogP contribution in [0.2, 0.25) is 77.6 Å². The minimum atomic E-state index is -2.72. The third kappa shape index (κ3) is 9.29. The smallest absolute Gasteiger partial charge is 0.432 e. The van der Waals surface area contributed by atoms with E-state index in [0.717, 1.165) is 36.4 Å². The van der Waals surface area contributed by atoms with E-state index in [1.54, 1.807) is 54.1 Å². The molecular formula is C19H56O9S2Si8. The van der Waals surface area contributed by atoms with Gasteiger partial charge in [-0.3, -0.25) is 0 Å². The van der Waals surface area contributed by atoms with Crippen molar-refractivity contribution >= 4 is 88.9 Å². The summed E-state index contributed by atoms with van der Waals surface area (Å²) >= 11 is 8.38. The molecule has 0 spiro atoms. The topological polar surface area (TPSA) is 116 Å². The zero-order valence-electron chi connectivity index (χ0n) is 25.9. The predicted molar refractivity (Wildman–Crippen MR) is 182 cm³/mol. The van der Waals surface area contributed by atoms with Gasteiger partial charge >= 0.3 is 17.6 Å². The molecule has 0 unspecified atom stereocenters. The quantitative estimate of drug-likeness (QED) is 0.161. The lowest BCUT2D eigenvalue weighted by Gasteiger charge is -2.42. The van der Waals surface area contributed by atoms with Gasteiger partial charge in [0.2, 0.25) is 14.7 Å². The Kier molecular flexibility index (Phi) is 15.5. The van der Waals surface area contributed by atoms with Crippen molar-refractivity contribution in [3.8, 4) is 0 Å². The van der Waals surface area contributed by atoms with E-state index in [-0.39, 0.29) is 0 Å². The Bertz CT molecular complexity index is 690. The summed E-state index contributed by atoms with van der Waals surface area (Å²) in [4.78, 5) is 29.4. The number of fused-ring (bicyclic) bond motifs is 2. The molecule has 0 radical (unpaired) electrons. The Labute approximate surface area is 250 Å². The standard InChI is InChI=1S/C8H22O3SSi4.C6H16O3SSi.C5H18O3Si3/c1-13(2)9-16(8-6-7-12)10-14(3,4)15(13,5)11-16;1-7-11(8-2,9-3)6-4-5-10;1-9(2,6)11(5,8)10(3,4)7/h12H,6-8H2,1-5H3;10H,4-6H2,1-3H3;6-8H,1-5H3. The average molecular weight is 717 g/mol. The molecule has 0 amide bonds. The maximum absolute atomic E-state index is 9.95. The van der Waals surface area contributed by atoms with Crippen molar-refractivity contribution in [3.05, 3.63) is 0 Å². The Morgan fingerprint density at radius 1 is 0.658 bits per heavy atom. The van der Waals surface area contributed by atoms with Gasteiger partial charge in [-0.2, -0.15) is 25.3 Å². The molecule has 9 nitrogen and oxygen atoms in total. The summed E-state index contributed by atoms with van der Waals surface area (Å²) in [6.07, 6.45) is 2.01. The fourth-order valence-corrected chi connectivity index (χ4v) is 77.3. The van der Waals surface area contributed by atoms with Crippen molar-refractivity contribution < 1.29 is 40.0 Å². The van der Waals surface area contributed by atoms with Crippen molar-refractivity contribution in [1.82, 2.24) is 0 Å². The SMILES string of the molecule is CO[Si](CCCS)(OC)OC.C[Si](C)(O)[Si](C)(O)[Si](C)(C)O.C[Si]1(C)O[Si]2(CCCS)O[Si](C)(C)[Si]1(C)O2. The van der Waals surface area contributed by atoms with Crippen LogP contribution in [-0.2, 0) is 25.6 Å². The summed E-state index contributed by atoms with van der Waals surface area (Å²) in [5.74, 6) is 1.73. The van der Waals surface area contributed by atoms with Crippen LogP contribution in [0.5, 0.6) is 0 Å². The molecule has 0 atom stereocenters. The minimum absolute atomic E-state index is 0.833. The van der Waals surface area contributed by atoms with Gasteiger partial charge in [-0.1, -0.05) is 0 Å². The highest BCUT2D eigenvalue weighted by atomic mass is 32.1. The van der Waals surface area contributed by atoms with Crippen LogP contribution >= 0.6 is 25.3 Å². The zero-order chi connectivity index (χ0) is 30.5. The molecule has 230 valence electrons. The third-order valence-corrected chi connectivity index (χ3v) is 84.9. The summed E-state index contributed by atoms with van der Waals surface area (Å²) in [6.45, 7) is 20.2. The highest BCUT2D eigenvalue weighted by Gasteiger charge is 2.79. The lowest BCUT2D eigenvalue weighted by Crippen LogP contribution is -2.72. The minimum Gasteiger partial charge on any atom is -0.432 e. The van der Waals surface area contributed by atoms with E-state index < -0.39 is 63.7 Å². The molecule has 2 aliphatic heterocycles. The second kappa shape index (κ2) is 14.7. The highest BCUT2D eigenvalue weighted by Crippen LogP contribution is 2.51. The van der Waals surface area contributed by atoms with Gasteiger partial charge in [0.05, 0.1) is 0 Å². The molecule has 38 heavy (non-hydrogen) atoms. The normalized spacial score (nSPS) is 26.4. The van der Waals surface area contributed by atoms with E-state index in [1.807, 2.05) is 0 Å². The Morgan fingerprint density at radius 3 is 1.26 bits per heavy atom. The van der Waals surface area contributed by atoms with Crippen LogP contribution in [0.25, 0.3) is 0 Å². The van der Waals surface area contributed by atoms with Crippen LogP contribution in [0.1, 0.15) is 12.8 Å². The van der Waals surface area contributed by atoms with Crippen LogP contribution in [0.4, 0.5) is 0 Å². The van der Waals surface area contributed by atoms with Crippen LogP contribution in [0.3, 0.4) is 0 Å². The van der Waals surface area contributed by atoms with Gasteiger partial charge in [0.25, 0.3) is 0 Å². The largest absolute Gasteiger partial charge is 0.500 e. The Balaban J connectivity index is 0.000000560. The first-order chi connectivity index (χ1) is 16.9. The molecule has 0 aromatic carbocycles. The molecule has 19 heteroatoms. The predicted octanol–water partition coefficient (Wildman–Crippen LogP) is 3.75. The maximum atomic E-state index is 9.95. The first kappa shape index (κ1) is 40.1. The summed E-state index contributed by atoms with van der Waals surface area (Å²) in [7, 11) is -12.3. The molecule has 0 aromatic rings. The van der Waals surface area contributed by atoms with Gasteiger partial charge in [0, 0.05) is 33.4 Å². The number of thiol groups is 2. The molecule has 0 aliphatic carbocycles. The molecule has 0 saturated carbocycles. The lowest BCUT2D eigenvalue weighted by molar-refractivity contribution is 0.123. The van der Waals surface area contributed by atoms with Crippen molar-refractivity contribution in [1.29, 1.82) is 0 Å². The van der Waals surface area contributed by atoms with E-state index in [2.05, 4.69) is 58.0 Å². The van der Waals surface area contributed by atoms with E-state index >= 15 is 0 Å². The van der Waals surface area contributed by atoms with Crippen molar-refractivity contribution in [2.24, 2.45) is 0 Å². The van der Waals surface area contributed by atoms with Gasteiger partial charge in [0.15, 0.2) is 31.3 Å². The molecule has 0 aromatic heterocycles. The van der Waals surface area contributed by atoms with Crippen LogP contribution in [-0.4, -0.2) is 111 Å². The third-order valence-electron chi connectivity index (χ3n) is 8.08. The summed E-state index contributed by atoms with van der Waals surface area (Å²) in [5.41, 5.74) is 0. The number of hydrogen-bond acceptors (Lipinski definition) is 11. The molecule has 2 aliphatic rings. The first-order valence-corrected chi connectivity index (χ1v) is 38.8. The van der Waals surface area contributed by atoms with Gasteiger partial charge in [0.1, 0.15) is 0 Å². The zero-order valence-corrected chi connectivity index (χ0v) is 35.7. The molecule has 2 bridgehead atoms. The van der Waals surface area contributed by atoms with E-state index in [4.69, 9.17) is 25.6 Å². The molecule has 2 heterocycles. The number of rotatable bonds is 11. The fourth-order valence-electron chi connectivity index (χ4n) is 4.37. The van der Waals surface area contributed by atoms with Crippen molar-refractivity contribution in [2.45, 2.75) is 90.4 Å². The second-order valence-electron chi connectivity index (χ2n) is 12.2. The summed E-state index contributed by atoms with van der Waals surface area (Å²) in [6, 6.07) is 1.81. The van der Waals surface area contributed by atoms with Gasteiger partial charge in [-0.15, -0.1) is 0 Å². The molecule has 3 N–H and O–H groups in total. The number of hydrogen-bond donors (Lipinski definition) is 5. The lowest BCUT2D eigenvalue weighted by atomic mass is 10.6. The van der Waals surface area contributed by atoms with Gasteiger partial charge in [-0.25, -0.2) is 0 Å². The molecule has 2 fully saturated rings. The van der Waals surface area contributed by atoms with Crippen molar-refractivity contribution in [3.63, 3.8) is 0 Å². The fraction of sp³-hybridized carbons (Fsp3) is 1.00. The van der Waals surface area contributed by atoms with Crippen LogP contribution < -0.4 is 0 Å². The van der Waals surface area contributed by atoms with E-state index in [1.165, 1.54) is 0 Å². The Hall–Kier alpha value is 2.08. The maximum Gasteiger partial charge on any atom is 0.500 e. The van der Waals surface area contributed by atoms with Gasteiger partial charge < -0.3 is 40.0 Å². The molecule has 2 saturated heterocycles. The molecule has 2 rings (SSSR count). The van der Waals surface area contributed by atoms with Gasteiger partial charge in [-0.05, 0) is 89.8 Å². The van der Waals surface area contributed by atoms with Crippen LogP contribution in [0, 0.1) is 0 Å². The highest BCUT2D eigenvalue weighted by molar-refractivity contribution is 7.80. The second-order valence-corrected chi connectivity index (χ2v) is 66.1. The Morgan fingerprint density at radius 2 is 1.03 bits per heavy atom. The van der Waals surface area contributed by atoms with Crippen LogP contribution in [0.15, 0.2) is 0 Å². The molecular weight excluding hydrogens is 661 g/mol. The summed E-state index contributed by atoms with van der Waals surface area (Å²) < 4.78 is 34.8. The summed E-state index contributed by atoms with van der Waals surface area (Å²) in [5, 5.41) is 0. The van der Waals surface area contributed by atoms with E-state index in [9.17, 15) is 14.4 Å². The van der Waals surface area contributed by atoms with E-state index in [0.29, 0.717) is 0 Å². The monoisotopic (exact) mass is 716 g/mol.